The minimum atomic E-state index is -2.95. The Morgan fingerprint density at radius 3 is 2.18 bits per heavy atom. The van der Waals surface area contributed by atoms with Gasteiger partial charge < -0.3 is 79.5 Å². The van der Waals surface area contributed by atoms with Crippen molar-refractivity contribution in [1.29, 1.82) is 0 Å². The van der Waals surface area contributed by atoms with Crippen LogP contribution in [0.1, 0.15) is 12.8 Å². The lowest BCUT2D eigenvalue weighted by atomic mass is 9.90. The smallest absolute Gasteiger partial charge is 0.364 e. The number of hydrogen-bond acceptors (Lipinski definition) is 17. The molecule has 0 amide bonds. The average molecular weight is 656 g/mol. The minimum Gasteiger partial charge on any atom is -0.477 e. The van der Waals surface area contributed by atoms with Crippen LogP contribution in [0.5, 0.6) is 0 Å². The third-order valence-electron chi connectivity index (χ3n) is 7.51. The van der Waals surface area contributed by atoms with E-state index in [0.717, 1.165) is 6.08 Å². The van der Waals surface area contributed by atoms with Gasteiger partial charge in [0, 0.05) is 17.8 Å². The Hall–Kier alpha value is -2.57. The molecule has 0 aliphatic carbocycles. The summed E-state index contributed by atoms with van der Waals surface area (Å²) in [5.74, 6) is -9.41. The highest BCUT2D eigenvalue weighted by Crippen LogP contribution is 2.40. The van der Waals surface area contributed by atoms with Crippen molar-refractivity contribution in [3.05, 3.63) is 23.1 Å². The molecule has 3 aliphatic heterocycles. The number of aliphatic hydroxyl groups excluding tert-OH is 8. The fourth-order valence-corrected chi connectivity index (χ4v) is 5.09. The number of nitrogens with zero attached hydrogens (tertiary/aromatic N) is 3. The molecule has 3 fully saturated rings. The first-order chi connectivity index (χ1) is 21.2. The van der Waals surface area contributed by atoms with Crippen molar-refractivity contribution in [2.45, 2.75) is 97.8 Å². The SMILES string of the molecule is C=CCO[C@]1(C(=O)O)C[C@@H](O[C@]2(C(=O)O)C[C@@H](O)[C@@H](O)[C@@H]([C@H](O)CO)O2)[C@@H](O)[C@@H]([C@H](O)CO[C@H]2OC[C@H](N=[N+]=[N-])[C@H](O)[C@H]2O)O1. The third-order valence-corrected chi connectivity index (χ3v) is 7.51. The Morgan fingerprint density at radius 2 is 1.60 bits per heavy atom. The minimum absolute atomic E-state index is 0.386. The molecule has 0 aromatic heterocycles. The Balaban J connectivity index is 1.90. The number of carboxylic acids is 2. The van der Waals surface area contributed by atoms with Crippen molar-refractivity contribution in [1.82, 2.24) is 0 Å². The van der Waals surface area contributed by atoms with Gasteiger partial charge in [0.05, 0.1) is 50.8 Å². The zero-order chi connectivity index (χ0) is 33.7. The zero-order valence-corrected chi connectivity index (χ0v) is 23.5. The Kier molecular flexibility index (Phi) is 12.6. The Morgan fingerprint density at radius 1 is 0.978 bits per heavy atom. The zero-order valence-electron chi connectivity index (χ0n) is 23.5. The summed E-state index contributed by atoms with van der Waals surface area (Å²) in [5, 5.41) is 106. The van der Waals surface area contributed by atoms with Crippen LogP contribution in [0.25, 0.3) is 10.4 Å². The van der Waals surface area contributed by atoms with Crippen LogP contribution in [-0.2, 0) is 38.0 Å². The van der Waals surface area contributed by atoms with Crippen molar-refractivity contribution >= 4 is 11.9 Å². The lowest BCUT2D eigenvalue weighted by Crippen LogP contribution is -2.68. The summed E-state index contributed by atoms with van der Waals surface area (Å²) in [5.41, 5.74) is 8.57. The topological polar surface area (TPSA) is 341 Å². The van der Waals surface area contributed by atoms with Gasteiger partial charge in [-0.1, -0.05) is 11.2 Å². The molecule has 0 saturated carbocycles. The van der Waals surface area contributed by atoms with Crippen LogP contribution in [0.2, 0.25) is 0 Å². The second kappa shape index (κ2) is 15.3. The van der Waals surface area contributed by atoms with Gasteiger partial charge in [-0.05, 0) is 5.53 Å². The van der Waals surface area contributed by atoms with E-state index in [-0.39, 0.29) is 6.61 Å². The van der Waals surface area contributed by atoms with Crippen LogP contribution in [0.15, 0.2) is 17.8 Å². The molecular formula is C24H37N3O18. The first-order valence-corrected chi connectivity index (χ1v) is 13.6. The molecule has 45 heavy (non-hydrogen) atoms. The highest BCUT2D eigenvalue weighted by Gasteiger charge is 2.61. The second-order valence-corrected chi connectivity index (χ2v) is 10.6. The largest absolute Gasteiger partial charge is 0.477 e. The monoisotopic (exact) mass is 655 g/mol. The molecule has 21 heteroatoms. The van der Waals surface area contributed by atoms with E-state index in [1.54, 1.807) is 0 Å². The van der Waals surface area contributed by atoms with E-state index < -0.39 is 130 Å². The molecule has 21 nitrogen and oxygen atoms in total. The standard InChI is InChI=1S/C24H37N3O18/c1-2-3-42-23(21(36)37)5-13(43-24(22(38)39)4-10(29)15(33)18(45-24)11(30)6-28)16(34)19(44-23)12(31)8-41-20-17(35)14(32)9(7-40-20)26-27-25/h2,9-20,28-35H,1,3-8H2,(H,36,37)(H,38,39)/t9-,10+,11+,12+,13+,14-,15+,16+,17+,18+,19+,20+,23+,24+/m0/s1. The molecule has 3 saturated heterocycles. The number of aliphatic hydroxyl groups is 8. The summed E-state index contributed by atoms with van der Waals surface area (Å²) in [6.45, 7) is 0.674. The number of ether oxygens (including phenoxy) is 6. The van der Waals surface area contributed by atoms with Crippen molar-refractivity contribution in [3.63, 3.8) is 0 Å². The van der Waals surface area contributed by atoms with E-state index in [9.17, 15) is 60.7 Å². The molecule has 0 radical (unpaired) electrons. The molecular weight excluding hydrogens is 618 g/mol. The summed E-state index contributed by atoms with van der Waals surface area (Å²) in [7, 11) is 0. The molecule has 3 heterocycles. The maximum atomic E-state index is 12.4. The summed E-state index contributed by atoms with van der Waals surface area (Å²) in [4.78, 5) is 27.4. The van der Waals surface area contributed by atoms with Gasteiger partial charge in [0.1, 0.15) is 42.7 Å². The fourth-order valence-electron chi connectivity index (χ4n) is 5.09. The van der Waals surface area contributed by atoms with Crippen LogP contribution in [0.3, 0.4) is 0 Å². The second-order valence-electron chi connectivity index (χ2n) is 10.6. The van der Waals surface area contributed by atoms with Gasteiger partial charge in [-0.15, -0.1) is 6.58 Å². The average Bonchev–Trinajstić information content (AvgIpc) is 3.00. The number of azide groups is 1. The summed E-state index contributed by atoms with van der Waals surface area (Å²) in [6.07, 6.45) is -21.4. The number of carbonyl (C=O) groups is 2. The predicted octanol–water partition coefficient (Wildman–Crippen LogP) is -4.72. The van der Waals surface area contributed by atoms with Crippen molar-refractivity contribution in [3.8, 4) is 0 Å². The highest BCUT2D eigenvalue weighted by molar-refractivity contribution is 5.77. The third kappa shape index (κ3) is 7.88. The van der Waals surface area contributed by atoms with Gasteiger partial charge in [-0.2, -0.15) is 0 Å². The lowest BCUT2D eigenvalue weighted by Gasteiger charge is -2.49. The molecule has 0 aromatic carbocycles. The quantitative estimate of drug-likeness (QED) is 0.0363. The molecule has 256 valence electrons. The fraction of sp³-hybridized carbons (Fsp3) is 0.833. The van der Waals surface area contributed by atoms with Gasteiger partial charge in [0.2, 0.25) is 0 Å². The van der Waals surface area contributed by atoms with Crippen LogP contribution < -0.4 is 0 Å². The molecule has 0 aromatic rings. The van der Waals surface area contributed by atoms with Crippen LogP contribution >= 0.6 is 0 Å². The first-order valence-electron chi connectivity index (χ1n) is 13.6. The van der Waals surface area contributed by atoms with Crippen LogP contribution in [-0.4, -0.2) is 174 Å². The van der Waals surface area contributed by atoms with Gasteiger partial charge in [0.15, 0.2) is 6.29 Å². The van der Waals surface area contributed by atoms with Crippen molar-refractivity contribution < 1.29 is 89.1 Å². The Labute approximate surface area is 254 Å². The van der Waals surface area contributed by atoms with Crippen molar-refractivity contribution in [2.24, 2.45) is 5.11 Å². The highest BCUT2D eigenvalue weighted by atomic mass is 16.8. The number of hydrogen-bond donors (Lipinski definition) is 10. The van der Waals surface area contributed by atoms with E-state index in [2.05, 4.69) is 16.6 Å². The predicted molar refractivity (Wildman–Crippen MR) is 138 cm³/mol. The van der Waals surface area contributed by atoms with Crippen LogP contribution in [0, 0.1) is 0 Å². The van der Waals surface area contributed by atoms with Crippen LogP contribution in [0.4, 0.5) is 0 Å². The molecule has 0 unspecified atom stereocenters. The van der Waals surface area contributed by atoms with E-state index in [1.807, 2.05) is 0 Å². The number of carboxylic acid groups (broad SMARTS) is 2. The number of rotatable bonds is 14. The molecule has 14 atom stereocenters. The van der Waals surface area contributed by atoms with Crippen molar-refractivity contribution in [2.75, 3.05) is 26.4 Å². The van der Waals surface area contributed by atoms with E-state index >= 15 is 0 Å². The van der Waals surface area contributed by atoms with E-state index in [4.69, 9.17) is 34.0 Å². The molecule has 3 rings (SSSR count). The summed E-state index contributed by atoms with van der Waals surface area (Å²) < 4.78 is 32.2. The molecule has 0 spiro atoms. The van der Waals surface area contributed by atoms with E-state index in [1.165, 1.54) is 0 Å². The van der Waals surface area contributed by atoms with E-state index in [0.29, 0.717) is 0 Å². The van der Waals surface area contributed by atoms with Gasteiger partial charge in [-0.25, -0.2) is 9.59 Å². The molecule has 0 bridgehead atoms. The summed E-state index contributed by atoms with van der Waals surface area (Å²) >= 11 is 0. The van der Waals surface area contributed by atoms with Gasteiger partial charge in [-0.3, -0.25) is 0 Å². The number of aliphatic carboxylic acids is 2. The maximum Gasteiger partial charge on any atom is 0.364 e. The molecule has 3 aliphatic rings. The Bertz CT molecular complexity index is 1100. The lowest BCUT2D eigenvalue weighted by molar-refractivity contribution is -0.374. The molecule has 10 N–H and O–H groups in total. The van der Waals surface area contributed by atoms with Gasteiger partial charge in [0.25, 0.3) is 11.6 Å². The normalized spacial score (nSPS) is 41.8. The maximum absolute atomic E-state index is 12.4. The van der Waals surface area contributed by atoms with Gasteiger partial charge >= 0.3 is 11.9 Å². The first kappa shape index (κ1) is 36.9. The summed E-state index contributed by atoms with van der Waals surface area (Å²) in [6, 6.07) is -1.16.